The molecule has 73 heavy (non-hydrogen) atoms. The summed E-state index contributed by atoms with van der Waals surface area (Å²) in [4.78, 5) is 0. The molecule has 0 spiro atoms. The maximum atomic E-state index is 12.0. The predicted octanol–water partition coefficient (Wildman–Crippen LogP) is -2.13. The highest BCUT2D eigenvalue weighted by Crippen LogP contribution is 2.35. The van der Waals surface area contributed by atoms with Crippen molar-refractivity contribution in [2.75, 3.05) is 13.7 Å². The average Bonchev–Trinajstić information content (AvgIpc) is 3.90. The summed E-state index contributed by atoms with van der Waals surface area (Å²) < 4.78 is 244. The molecule has 4 saturated heterocycles. The molecule has 6 rings (SSSR count). The van der Waals surface area contributed by atoms with Crippen LogP contribution in [0.3, 0.4) is 0 Å². The van der Waals surface area contributed by atoms with Gasteiger partial charge in [-0.25, -0.2) is 30.3 Å². The summed E-state index contributed by atoms with van der Waals surface area (Å²) in [5, 5.41) is 15.7. The van der Waals surface area contributed by atoms with E-state index >= 15 is 0 Å². The fraction of sp³-hybridized carbons (Fsp3) is 0.879. The zero-order chi connectivity index (χ0) is 53.7. The van der Waals surface area contributed by atoms with Crippen LogP contribution in [0.2, 0.25) is 0 Å². The summed E-state index contributed by atoms with van der Waals surface area (Å²) in [7, 11) is -24.6. The Bertz CT molecular complexity index is 2700. The van der Waals surface area contributed by atoms with Gasteiger partial charge in [-0.2, -0.15) is 42.1 Å². The molecule has 6 heterocycles. The Morgan fingerprint density at radius 1 is 0.548 bits per heavy atom. The molecule has 40 heteroatoms. The van der Waals surface area contributed by atoms with E-state index in [0.29, 0.717) is 13.0 Å². The lowest BCUT2D eigenvalue weighted by Crippen LogP contribution is -2.56. The molecule has 4 aliphatic heterocycles. The minimum absolute atomic E-state index is 0.0363. The molecule has 5 N–H and O–H groups in total. The van der Waals surface area contributed by atoms with Gasteiger partial charge in [0, 0.05) is 26.4 Å². The van der Waals surface area contributed by atoms with E-state index in [2.05, 4.69) is 24.8 Å². The SMILES string of the molecule is COCCn1cc(CO[C@H]2O[C@H](Cn3cc(CO[C@@H]4O[C@H](C)[C@@H](O[C@H]5O[C@H](C)[C@@H](O[C@H]6O[C@H](C)CC[C@H]6OS(=O)(=O)O)C[C@H]5OS(=O)(=O)O)C[C@H]4OS(=O)(=O)O)nn3)C[C@H](OS(=O)(=O)O)[C@@H]2OS(=O)(=O)O)nn1. The maximum Gasteiger partial charge on any atom is 0.397 e. The Balaban J connectivity index is 1.11. The first kappa shape index (κ1) is 59.5. The summed E-state index contributed by atoms with van der Waals surface area (Å²) >= 11 is 0. The van der Waals surface area contributed by atoms with Crippen molar-refractivity contribution in [3.8, 4) is 0 Å². The van der Waals surface area contributed by atoms with Crippen molar-refractivity contribution in [3.05, 3.63) is 23.8 Å². The van der Waals surface area contributed by atoms with Crippen LogP contribution in [0, 0.1) is 0 Å². The Kier molecular flexibility index (Phi) is 20.2. The fourth-order valence-corrected chi connectivity index (χ4v) is 10.4. The van der Waals surface area contributed by atoms with E-state index in [0.717, 1.165) is 4.68 Å². The van der Waals surface area contributed by atoms with Crippen LogP contribution < -0.4 is 0 Å². The first-order chi connectivity index (χ1) is 33.9. The zero-order valence-corrected chi connectivity index (χ0v) is 42.7. The summed E-state index contributed by atoms with van der Waals surface area (Å²) in [6.45, 7) is 3.91. The van der Waals surface area contributed by atoms with Crippen LogP contribution >= 0.6 is 0 Å². The van der Waals surface area contributed by atoms with Crippen LogP contribution in [0.25, 0.3) is 0 Å². The third-order valence-electron chi connectivity index (χ3n) is 11.0. The molecule has 0 unspecified atom stereocenters. The van der Waals surface area contributed by atoms with Crippen LogP contribution in [-0.4, -0.2) is 201 Å². The van der Waals surface area contributed by atoms with Crippen molar-refractivity contribution in [2.45, 2.75) is 171 Å². The highest BCUT2D eigenvalue weighted by Gasteiger charge is 2.49. The van der Waals surface area contributed by atoms with E-state index in [9.17, 15) is 64.9 Å². The number of nitrogens with zero attached hydrogens (tertiary/aromatic N) is 6. The average molecular weight is 1160 g/mol. The zero-order valence-electron chi connectivity index (χ0n) is 38.6. The van der Waals surface area contributed by atoms with Crippen molar-refractivity contribution in [1.29, 1.82) is 0 Å². The van der Waals surface area contributed by atoms with Crippen molar-refractivity contribution < 1.29 is 128 Å². The van der Waals surface area contributed by atoms with Gasteiger partial charge < -0.3 is 42.6 Å². The highest BCUT2D eigenvalue weighted by molar-refractivity contribution is 7.81. The molecule has 0 saturated carbocycles. The number of ether oxygens (including phenoxy) is 9. The lowest BCUT2D eigenvalue weighted by molar-refractivity contribution is -0.332. The molecule has 0 radical (unpaired) electrons. The second-order valence-electron chi connectivity index (χ2n) is 16.8. The van der Waals surface area contributed by atoms with E-state index in [4.69, 9.17) is 59.4 Å². The van der Waals surface area contributed by atoms with Gasteiger partial charge in [0.15, 0.2) is 31.3 Å². The van der Waals surface area contributed by atoms with E-state index in [1.807, 2.05) is 0 Å². The van der Waals surface area contributed by atoms with Crippen LogP contribution in [0.5, 0.6) is 0 Å². The van der Waals surface area contributed by atoms with Gasteiger partial charge in [-0.15, -0.1) is 10.2 Å². The van der Waals surface area contributed by atoms with Crippen molar-refractivity contribution >= 4 is 52.0 Å². The molecule has 4 aliphatic rings. The number of aromatic nitrogens is 6. The lowest BCUT2D eigenvalue weighted by atomic mass is 10.0. The maximum absolute atomic E-state index is 12.0. The molecule has 420 valence electrons. The standard InChI is InChI=1S/C33H54N6O29S5/c1-17-5-6-23(64-69(40,41)42)31(58-17)62-25-11-28(67-72(49,50)51)32(60-19(25)3)63-24-10-27(66-71(46,47)48)30(59-18(24)2)56-15-21-13-39(37-35-21)14-22-9-26(65-70(43,44)45)29(68-73(52,53)54)33(61-22)57-16-20-12-38(36-34-20)7-8-55-4/h12-13,17-19,22-33H,5-11,14-16H2,1-4H3,(H,40,41,42)(H,43,44,45)(H,46,47,48)(H,49,50,51)(H,52,53,54)/t17-,18-,19-,22+,23-,24+,25+,26+,27-,28-,29+,30-,31-,32-,33+/m1/s1. The smallest absolute Gasteiger partial charge is 0.383 e. The molecule has 2 aromatic heterocycles. The molecule has 0 aromatic carbocycles. The van der Waals surface area contributed by atoms with Gasteiger partial charge >= 0.3 is 52.0 Å². The van der Waals surface area contributed by atoms with Crippen LogP contribution in [0.1, 0.15) is 64.3 Å². The largest absolute Gasteiger partial charge is 0.397 e. The predicted molar refractivity (Wildman–Crippen MR) is 228 cm³/mol. The molecule has 0 amide bonds. The van der Waals surface area contributed by atoms with E-state index in [-0.39, 0.29) is 31.0 Å². The van der Waals surface area contributed by atoms with Gasteiger partial charge in [0.05, 0.1) is 81.9 Å². The Hall–Kier alpha value is -2.73. The van der Waals surface area contributed by atoms with Gasteiger partial charge in [-0.1, -0.05) is 10.4 Å². The minimum atomic E-state index is -5.32. The van der Waals surface area contributed by atoms with Crippen molar-refractivity contribution in [3.63, 3.8) is 0 Å². The molecule has 0 bridgehead atoms. The summed E-state index contributed by atoms with van der Waals surface area (Å²) in [5.41, 5.74) is 0.223. The Morgan fingerprint density at radius 2 is 1.01 bits per heavy atom. The molecule has 35 nitrogen and oxygen atoms in total. The minimum Gasteiger partial charge on any atom is -0.383 e. The Labute approximate surface area is 417 Å². The second kappa shape index (κ2) is 24.7. The summed E-state index contributed by atoms with van der Waals surface area (Å²) in [6.07, 6.45) is -19.5. The number of hydrogen-bond acceptors (Lipinski definition) is 28. The molecule has 4 fully saturated rings. The van der Waals surface area contributed by atoms with Gasteiger partial charge in [-0.05, 0) is 33.6 Å². The second-order valence-corrected chi connectivity index (χ2v) is 22.0. The van der Waals surface area contributed by atoms with Crippen LogP contribution in [0.15, 0.2) is 12.4 Å². The van der Waals surface area contributed by atoms with E-state index < -0.39 is 177 Å². The molecule has 2 aromatic rings. The topological polar surface area (TPSA) is 462 Å². The monoisotopic (exact) mass is 1160 g/mol. The normalized spacial score (nSPS) is 33.2. The first-order valence-corrected chi connectivity index (χ1v) is 28.4. The van der Waals surface area contributed by atoms with Gasteiger partial charge in [0.25, 0.3) is 0 Å². The lowest BCUT2D eigenvalue weighted by Gasteiger charge is -2.45. The van der Waals surface area contributed by atoms with Gasteiger partial charge in [0.2, 0.25) is 0 Å². The van der Waals surface area contributed by atoms with Crippen molar-refractivity contribution in [2.24, 2.45) is 0 Å². The molecular weight excluding hydrogens is 1100 g/mol. The van der Waals surface area contributed by atoms with Crippen molar-refractivity contribution in [1.82, 2.24) is 30.0 Å². The fourth-order valence-electron chi connectivity index (χ4n) is 7.93. The first-order valence-electron chi connectivity index (χ1n) is 21.6. The van der Waals surface area contributed by atoms with Gasteiger partial charge in [-0.3, -0.25) is 22.8 Å². The molecular formula is C33H54N6O29S5. The number of rotatable bonds is 25. The third-order valence-corrected chi connectivity index (χ3v) is 13.4. The quantitative estimate of drug-likeness (QED) is 0.0663. The summed E-state index contributed by atoms with van der Waals surface area (Å²) in [6, 6.07) is 0. The Morgan fingerprint density at radius 3 is 1.56 bits per heavy atom. The summed E-state index contributed by atoms with van der Waals surface area (Å²) in [5.74, 6) is 0. The van der Waals surface area contributed by atoms with Crippen LogP contribution in [-0.2, 0) is 142 Å². The highest BCUT2D eigenvalue weighted by atomic mass is 32.3. The number of hydrogen-bond donors (Lipinski definition) is 5. The van der Waals surface area contributed by atoms with Crippen LogP contribution in [0.4, 0.5) is 0 Å². The van der Waals surface area contributed by atoms with E-state index in [1.54, 1.807) is 6.92 Å². The third kappa shape index (κ3) is 19.4. The molecule has 0 aliphatic carbocycles. The number of methoxy groups -OCH3 is 1. The van der Waals surface area contributed by atoms with E-state index in [1.165, 1.54) is 38.0 Å². The molecule has 15 atom stereocenters. The van der Waals surface area contributed by atoms with Gasteiger partial charge in [0.1, 0.15) is 35.8 Å².